The zero-order valence-corrected chi connectivity index (χ0v) is 11.8. The fourth-order valence-corrected chi connectivity index (χ4v) is 5.12. The molecule has 0 heterocycles. The lowest BCUT2D eigenvalue weighted by Gasteiger charge is -2.29. The maximum atomic E-state index is 11.5. The van der Waals surface area contributed by atoms with Gasteiger partial charge in [0, 0.05) is 16.8 Å². The molecular formula is C11H23NO2S2. The summed E-state index contributed by atoms with van der Waals surface area (Å²) in [6, 6.07) is 0. The Morgan fingerprint density at radius 3 is 2.69 bits per heavy atom. The number of hydrogen-bond acceptors (Lipinski definition) is 4. The SMILES string of the molecule is CC(CCN)SC1CCCC(S(C)(=O)=O)C1. The number of sulfone groups is 1. The molecule has 1 aliphatic rings. The quantitative estimate of drug-likeness (QED) is 0.823. The standard InChI is InChI=1S/C11H23NO2S2/c1-9(6-7-12)15-10-4-3-5-11(8-10)16(2,13)14/h9-11H,3-8,12H2,1-2H3. The predicted octanol–water partition coefficient (Wildman–Crippen LogP) is 1.81. The van der Waals surface area contributed by atoms with Gasteiger partial charge in [-0.1, -0.05) is 13.3 Å². The van der Waals surface area contributed by atoms with Crippen LogP contribution >= 0.6 is 11.8 Å². The van der Waals surface area contributed by atoms with Gasteiger partial charge < -0.3 is 5.73 Å². The van der Waals surface area contributed by atoms with Gasteiger partial charge in [-0.05, 0) is 32.2 Å². The van der Waals surface area contributed by atoms with E-state index in [1.165, 1.54) is 6.26 Å². The summed E-state index contributed by atoms with van der Waals surface area (Å²) in [5, 5.41) is 0.951. The summed E-state index contributed by atoms with van der Waals surface area (Å²) in [7, 11) is -2.84. The average molecular weight is 265 g/mol. The molecule has 1 fully saturated rings. The minimum Gasteiger partial charge on any atom is -0.330 e. The van der Waals surface area contributed by atoms with Crippen LogP contribution in [0, 0.1) is 0 Å². The summed E-state index contributed by atoms with van der Waals surface area (Å²) in [5.74, 6) is 0. The van der Waals surface area contributed by atoms with Gasteiger partial charge in [0.25, 0.3) is 0 Å². The van der Waals surface area contributed by atoms with Crippen LogP contribution in [-0.4, -0.2) is 37.0 Å². The van der Waals surface area contributed by atoms with E-state index < -0.39 is 9.84 Å². The monoisotopic (exact) mass is 265 g/mol. The Bertz CT molecular complexity index is 303. The lowest BCUT2D eigenvalue weighted by molar-refractivity contribution is 0.494. The molecule has 3 nitrogen and oxygen atoms in total. The van der Waals surface area contributed by atoms with Crippen LogP contribution < -0.4 is 5.73 Å². The van der Waals surface area contributed by atoms with Crippen molar-refractivity contribution in [2.75, 3.05) is 12.8 Å². The predicted molar refractivity (Wildman–Crippen MR) is 71.6 cm³/mol. The lowest BCUT2D eigenvalue weighted by atomic mass is 10.00. The Kier molecular flexibility index (Phi) is 5.61. The zero-order chi connectivity index (χ0) is 12.2. The van der Waals surface area contributed by atoms with Crippen LogP contribution in [0.1, 0.15) is 39.0 Å². The maximum absolute atomic E-state index is 11.5. The summed E-state index contributed by atoms with van der Waals surface area (Å²) in [4.78, 5) is 0. The Labute approximate surface area is 103 Å². The van der Waals surface area contributed by atoms with Crippen LogP contribution in [0.2, 0.25) is 0 Å². The molecular weight excluding hydrogens is 242 g/mol. The molecule has 0 aliphatic heterocycles. The van der Waals surface area contributed by atoms with Crippen molar-refractivity contribution < 1.29 is 8.42 Å². The van der Waals surface area contributed by atoms with Gasteiger partial charge in [-0.25, -0.2) is 8.42 Å². The first-order chi connectivity index (χ1) is 7.43. The summed E-state index contributed by atoms with van der Waals surface area (Å²) in [6.45, 7) is 2.90. The van der Waals surface area contributed by atoms with Crippen LogP contribution in [0.5, 0.6) is 0 Å². The Balaban J connectivity index is 2.45. The minimum absolute atomic E-state index is 0.108. The van der Waals surface area contributed by atoms with Gasteiger partial charge in [0.05, 0.1) is 5.25 Å². The maximum Gasteiger partial charge on any atom is 0.150 e. The van der Waals surface area contributed by atoms with Crippen LogP contribution in [0.25, 0.3) is 0 Å². The summed E-state index contributed by atoms with van der Waals surface area (Å²) >= 11 is 1.92. The van der Waals surface area contributed by atoms with Gasteiger partial charge in [0.1, 0.15) is 9.84 Å². The first kappa shape index (κ1) is 14.3. The van der Waals surface area contributed by atoms with Crippen molar-refractivity contribution in [3.8, 4) is 0 Å². The number of hydrogen-bond donors (Lipinski definition) is 1. The highest BCUT2D eigenvalue weighted by Crippen LogP contribution is 2.34. The van der Waals surface area contributed by atoms with E-state index in [0.29, 0.717) is 10.5 Å². The minimum atomic E-state index is -2.84. The van der Waals surface area contributed by atoms with Gasteiger partial charge in [0.2, 0.25) is 0 Å². The largest absolute Gasteiger partial charge is 0.330 e. The second-order valence-corrected chi connectivity index (χ2v) is 8.83. The van der Waals surface area contributed by atoms with Crippen LogP contribution in [-0.2, 0) is 9.84 Å². The highest BCUT2D eigenvalue weighted by atomic mass is 32.2. The third-order valence-electron chi connectivity index (χ3n) is 3.18. The fourth-order valence-electron chi connectivity index (χ4n) is 2.25. The molecule has 0 radical (unpaired) electrons. The van der Waals surface area contributed by atoms with E-state index in [9.17, 15) is 8.42 Å². The molecule has 5 heteroatoms. The van der Waals surface area contributed by atoms with Crippen molar-refractivity contribution in [3.63, 3.8) is 0 Å². The van der Waals surface area contributed by atoms with E-state index in [1.807, 2.05) is 11.8 Å². The number of rotatable bonds is 5. The second-order valence-electron chi connectivity index (χ2n) is 4.76. The van der Waals surface area contributed by atoms with E-state index in [2.05, 4.69) is 6.92 Å². The Morgan fingerprint density at radius 1 is 1.44 bits per heavy atom. The van der Waals surface area contributed by atoms with Crippen molar-refractivity contribution in [1.82, 2.24) is 0 Å². The number of thioether (sulfide) groups is 1. The van der Waals surface area contributed by atoms with E-state index >= 15 is 0 Å². The van der Waals surface area contributed by atoms with E-state index in [-0.39, 0.29) is 5.25 Å². The highest BCUT2D eigenvalue weighted by Gasteiger charge is 2.29. The summed E-state index contributed by atoms with van der Waals surface area (Å²) < 4.78 is 23.0. The molecule has 3 unspecified atom stereocenters. The van der Waals surface area contributed by atoms with Crippen molar-refractivity contribution in [1.29, 1.82) is 0 Å². The molecule has 0 saturated heterocycles. The molecule has 16 heavy (non-hydrogen) atoms. The van der Waals surface area contributed by atoms with Crippen LogP contribution in [0.4, 0.5) is 0 Å². The van der Waals surface area contributed by atoms with Gasteiger partial charge in [-0.2, -0.15) is 11.8 Å². The molecule has 0 bridgehead atoms. The zero-order valence-electron chi connectivity index (χ0n) is 10.2. The van der Waals surface area contributed by atoms with Crippen molar-refractivity contribution in [2.24, 2.45) is 5.73 Å². The van der Waals surface area contributed by atoms with Gasteiger partial charge in [-0.15, -0.1) is 0 Å². The molecule has 0 spiro atoms. The molecule has 1 aliphatic carbocycles. The lowest BCUT2D eigenvalue weighted by Crippen LogP contribution is -2.29. The molecule has 0 aromatic heterocycles. The first-order valence-electron chi connectivity index (χ1n) is 5.98. The fraction of sp³-hybridized carbons (Fsp3) is 1.00. The highest BCUT2D eigenvalue weighted by molar-refractivity contribution is 8.00. The van der Waals surface area contributed by atoms with Gasteiger partial charge in [0.15, 0.2) is 0 Å². The third kappa shape index (κ3) is 4.63. The third-order valence-corrected chi connectivity index (χ3v) is 6.33. The normalized spacial score (nSPS) is 28.9. The second kappa shape index (κ2) is 6.26. The first-order valence-corrected chi connectivity index (χ1v) is 8.87. The average Bonchev–Trinajstić information content (AvgIpc) is 2.17. The molecule has 0 amide bonds. The van der Waals surface area contributed by atoms with E-state index in [0.717, 1.165) is 38.6 Å². The van der Waals surface area contributed by atoms with E-state index in [4.69, 9.17) is 5.73 Å². The molecule has 0 aromatic carbocycles. The molecule has 3 atom stereocenters. The van der Waals surface area contributed by atoms with Crippen molar-refractivity contribution in [3.05, 3.63) is 0 Å². The molecule has 1 rings (SSSR count). The summed E-state index contributed by atoms with van der Waals surface area (Å²) in [5.41, 5.74) is 5.52. The van der Waals surface area contributed by atoms with Crippen molar-refractivity contribution >= 4 is 21.6 Å². The topological polar surface area (TPSA) is 60.2 Å². The molecule has 0 aromatic rings. The molecule has 2 N–H and O–H groups in total. The van der Waals surface area contributed by atoms with Crippen molar-refractivity contribution in [2.45, 2.75) is 54.8 Å². The summed E-state index contributed by atoms with van der Waals surface area (Å²) in [6.07, 6.45) is 6.27. The smallest absolute Gasteiger partial charge is 0.150 e. The number of nitrogens with two attached hydrogens (primary N) is 1. The van der Waals surface area contributed by atoms with Crippen LogP contribution in [0.3, 0.4) is 0 Å². The van der Waals surface area contributed by atoms with E-state index in [1.54, 1.807) is 0 Å². The van der Waals surface area contributed by atoms with Gasteiger partial charge >= 0.3 is 0 Å². The Morgan fingerprint density at radius 2 is 2.12 bits per heavy atom. The van der Waals surface area contributed by atoms with Gasteiger partial charge in [-0.3, -0.25) is 0 Å². The molecule has 96 valence electrons. The Hall–Kier alpha value is 0.260. The molecule has 1 saturated carbocycles. The van der Waals surface area contributed by atoms with Crippen LogP contribution in [0.15, 0.2) is 0 Å².